The van der Waals surface area contributed by atoms with E-state index in [1.807, 2.05) is 4.90 Å². The number of aryl methyl sites for hydroxylation is 1. The summed E-state index contributed by atoms with van der Waals surface area (Å²) in [7, 11) is 0. The van der Waals surface area contributed by atoms with Crippen LogP contribution in [0.15, 0.2) is 24.3 Å². The van der Waals surface area contributed by atoms with Crippen LogP contribution < -0.4 is 5.32 Å². The monoisotopic (exact) mass is 388 g/mol. The van der Waals surface area contributed by atoms with E-state index in [1.165, 1.54) is 11.1 Å². The molecule has 1 heterocycles. The molecule has 0 atom stereocenters. The van der Waals surface area contributed by atoms with E-state index in [0.29, 0.717) is 19.6 Å². The number of carbonyl (C=O) groups excluding carboxylic acids is 2. The van der Waals surface area contributed by atoms with E-state index >= 15 is 0 Å². The lowest BCUT2D eigenvalue weighted by atomic mass is 10.1. The van der Waals surface area contributed by atoms with Gasteiger partial charge in [0.15, 0.2) is 0 Å². The quantitative estimate of drug-likeness (QED) is 0.665. The van der Waals surface area contributed by atoms with Crippen LogP contribution in [0.1, 0.15) is 37.8 Å². The summed E-state index contributed by atoms with van der Waals surface area (Å²) in [5.74, 6) is 0.287. The summed E-state index contributed by atoms with van der Waals surface area (Å²) in [6.45, 7) is 12.7. The second-order valence-electron chi connectivity index (χ2n) is 7.70. The molecule has 0 unspecified atom stereocenters. The first-order chi connectivity index (χ1) is 13.5. The van der Waals surface area contributed by atoms with Crippen LogP contribution in [0.25, 0.3) is 0 Å². The Balaban J connectivity index is 1.79. The maximum Gasteiger partial charge on any atom is 0.237 e. The summed E-state index contributed by atoms with van der Waals surface area (Å²) >= 11 is 0. The Labute approximate surface area is 169 Å². The Morgan fingerprint density at radius 1 is 0.964 bits per heavy atom. The second-order valence-corrected chi connectivity index (χ2v) is 7.70. The fourth-order valence-electron chi connectivity index (χ4n) is 3.40. The largest absolute Gasteiger partial charge is 0.355 e. The zero-order chi connectivity index (χ0) is 20.4. The SMILES string of the molecule is CCCNC(=O)CN1CCN(CC(=O)N(CCC)Cc2ccc(C)cc2)CC1. The first-order valence-electron chi connectivity index (χ1n) is 10.6. The average molecular weight is 389 g/mol. The summed E-state index contributed by atoms with van der Waals surface area (Å²) in [5, 5.41) is 2.92. The first-order valence-corrected chi connectivity index (χ1v) is 10.6. The van der Waals surface area contributed by atoms with E-state index in [-0.39, 0.29) is 11.8 Å². The van der Waals surface area contributed by atoms with E-state index in [2.05, 4.69) is 60.2 Å². The Bertz CT molecular complexity index is 609. The Morgan fingerprint density at radius 2 is 1.57 bits per heavy atom. The van der Waals surface area contributed by atoms with Gasteiger partial charge in [-0.2, -0.15) is 0 Å². The van der Waals surface area contributed by atoms with Crippen molar-refractivity contribution < 1.29 is 9.59 Å². The highest BCUT2D eigenvalue weighted by atomic mass is 16.2. The number of rotatable bonds is 10. The van der Waals surface area contributed by atoms with E-state index in [0.717, 1.165) is 52.1 Å². The zero-order valence-corrected chi connectivity index (χ0v) is 17.7. The van der Waals surface area contributed by atoms with Crippen molar-refractivity contribution in [3.05, 3.63) is 35.4 Å². The molecule has 1 aliphatic heterocycles. The molecular formula is C22H36N4O2. The van der Waals surface area contributed by atoms with Crippen LogP contribution in [0.3, 0.4) is 0 Å². The summed E-state index contributed by atoms with van der Waals surface area (Å²) in [6, 6.07) is 8.40. The van der Waals surface area contributed by atoms with E-state index in [1.54, 1.807) is 0 Å². The minimum Gasteiger partial charge on any atom is -0.355 e. The van der Waals surface area contributed by atoms with Crippen LogP contribution in [0.5, 0.6) is 0 Å². The molecule has 28 heavy (non-hydrogen) atoms. The van der Waals surface area contributed by atoms with E-state index in [4.69, 9.17) is 0 Å². The van der Waals surface area contributed by atoms with Gasteiger partial charge >= 0.3 is 0 Å². The van der Waals surface area contributed by atoms with Crippen molar-refractivity contribution in [1.82, 2.24) is 20.0 Å². The van der Waals surface area contributed by atoms with Crippen molar-refractivity contribution >= 4 is 11.8 Å². The summed E-state index contributed by atoms with van der Waals surface area (Å²) in [5.41, 5.74) is 2.41. The molecule has 0 aromatic heterocycles. The van der Waals surface area contributed by atoms with Gasteiger partial charge in [0.1, 0.15) is 0 Å². The third-order valence-corrected chi connectivity index (χ3v) is 5.10. The van der Waals surface area contributed by atoms with Crippen molar-refractivity contribution in [2.24, 2.45) is 0 Å². The molecule has 1 saturated heterocycles. The number of nitrogens with zero attached hydrogens (tertiary/aromatic N) is 3. The molecule has 0 radical (unpaired) electrons. The van der Waals surface area contributed by atoms with Crippen LogP contribution >= 0.6 is 0 Å². The topological polar surface area (TPSA) is 55.9 Å². The highest BCUT2D eigenvalue weighted by Crippen LogP contribution is 2.09. The van der Waals surface area contributed by atoms with Crippen molar-refractivity contribution in [3.8, 4) is 0 Å². The predicted molar refractivity (Wildman–Crippen MR) is 113 cm³/mol. The molecule has 1 N–H and O–H groups in total. The molecule has 2 amide bonds. The fraction of sp³-hybridized carbons (Fsp3) is 0.636. The molecule has 6 heteroatoms. The molecule has 156 valence electrons. The van der Waals surface area contributed by atoms with Crippen LogP contribution in [0.2, 0.25) is 0 Å². The van der Waals surface area contributed by atoms with Gasteiger partial charge in [-0.25, -0.2) is 0 Å². The molecular weight excluding hydrogens is 352 g/mol. The van der Waals surface area contributed by atoms with Gasteiger partial charge in [0, 0.05) is 45.8 Å². The Morgan fingerprint density at radius 3 is 2.14 bits per heavy atom. The highest BCUT2D eigenvalue weighted by molar-refractivity contribution is 5.78. The molecule has 1 aromatic rings. The van der Waals surface area contributed by atoms with Crippen molar-refractivity contribution in [3.63, 3.8) is 0 Å². The Kier molecular flexibility index (Phi) is 9.44. The van der Waals surface area contributed by atoms with Gasteiger partial charge in [-0.05, 0) is 25.3 Å². The number of benzene rings is 1. The van der Waals surface area contributed by atoms with Gasteiger partial charge in [0.2, 0.25) is 11.8 Å². The molecule has 0 spiro atoms. The molecule has 0 aliphatic carbocycles. The van der Waals surface area contributed by atoms with Gasteiger partial charge in [-0.3, -0.25) is 19.4 Å². The standard InChI is InChI=1S/C22H36N4O2/c1-4-10-23-21(27)17-24-12-14-25(15-13-24)18-22(28)26(11-5-2)16-20-8-6-19(3)7-9-20/h6-9H,4-5,10-18H2,1-3H3,(H,23,27). The molecule has 1 aliphatic rings. The van der Waals surface area contributed by atoms with Crippen LogP contribution in [0.4, 0.5) is 0 Å². The van der Waals surface area contributed by atoms with Crippen molar-refractivity contribution in [2.75, 3.05) is 52.4 Å². The number of hydrogen-bond donors (Lipinski definition) is 1. The number of hydrogen-bond acceptors (Lipinski definition) is 4. The van der Waals surface area contributed by atoms with Crippen molar-refractivity contribution in [2.45, 2.75) is 40.2 Å². The molecule has 1 fully saturated rings. The van der Waals surface area contributed by atoms with Gasteiger partial charge in [-0.15, -0.1) is 0 Å². The third-order valence-electron chi connectivity index (χ3n) is 5.10. The van der Waals surface area contributed by atoms with Crippen LogP contribution in [0, 0.1) is 6.92 Å². The lowest BCUT2D eigenvalue weighted by Crippen LogP contribution is -2.52. The second kappa shape index (κ2) is 11.8. The zero-order valence-electron chi connectivity index (χ0n) is 17.7. The molecule has 0 bridgehead atoms. The minimum atomic E-state index is 0.0959. The molecule has 1 aromatic carbocycles. The average Bonchev–Trinajstić information content (AvgIpc) is 2.69. The summed E-state index contributed by atoms with van der Waals surface area (Å²) < 4.78 is 0. The van der Waals surface area contributed by atoms with E-state index < -0.39 is 0 Å². The molecule has 0 saturated carbocycles. The first kappa shape index (κ1) is 22.4. The normalized spacial score (nSPS) is 15.4. The fourth-order valence-corrected chi connectivity index (χ4v) is 3.40. The summed E-state index contributed by atoms with van der Waals surface area (Å²) in [4.78, 5) is 31.1. The predicted octanol–water partition coefficient (Wildman–Crippen LogP) is 1.88. The van der Waals surface area contributed by atoms with Crippen LogP contribution in [-0.4, -0.2) is 78.9 Å². The highest BCUT2D eigenvalue weighted by Gasteiger charge is 2.22. The smallest absolute Gasteiger partial charge is 0.237 e. The lowest BCUT2D eigenvalue weighted by molar-refractivity contribution is -0.134. The number of nitrogens with one attached hydrogen (secondary N) is 1. The molecule has 2 rings (SSSR count). The van der Waals surface area contributed by atoms with Gasteiger partial charge < -0.3 is 10.2 Å². The lowest BCUT2D eigenvalue weighted by Gasteiger charge is -2.35. The van der Waals surface area contributed by atoms with Crippen molar-refractivity contribution in [1.29, 1.82) is 0 Å². The third kappa shape index (κ3) is 7.60. The number of piperazine rings is 1. The number of amides is 2. The van der Waals surface area contributed by atoms with Gasteiger partial charge in [0.05, 0.1) is 13.1 Å². The number of carbonyl (C=O) groups is 2. The van der Waals surface area contributed by atoms with E-state index in [9.17, 15) is 9.59 Å². The molecule has 6 nitrogen and oxygen atoms in total. The van der Waals surface area contributed by atoms with Gasteiger partial charge in [-0.1, -0.05) is 43.7 Å². The maximum absolute atomic E-state index is 12.9. The Hall–Kier alpha value is -1.92. The van der Waals surface area contributed by atoms with Crippen LogP contribution in [-0.2, 0) is 16.1 Å². The van der Waals surface area contributed by atoms with Gasteiger partial charge in [0.25, 0.3) is 0 Å². The minimum absolute atomic E-state index is 0.0959. The summed E-state index contributed by atoms with van der Waals surface area (Å²) in [6.07, 6.45) is 1.91. The maximum atomic E-state index is 12.9.